The Morgan fingerprint density at radius 2 is 1.78 bits per heavy atom. The summed E-state index contributed by atoms with van der Waals surface area (Å²) in [7, 11) is 2.07. The quantitative estimate of drug-likeness (QED) is 0.890. The van der Waals surface area contributed by atoms with Crippen LogP contribution in [0.5, 0.6) is 11.5 Å². The summed E-state index contributed by atoms with van der Waals surface area (Å²) >= 11 is 0. The second kappa shape index (κ2) is 7.49. The number of rotatable bonds is 6. The summed E-state index contributed by atoms with van der Waals surface area (Å²) in [6, 6.07) is 16.0. The third-order valence-corrected chi connectivity index (χ3v) is 4.03. The second-order valence-corrected chi connectivity index (χ2v) is 5.93. The Labute approximate surface area is 137 Å². The summed E-state index contributed by atoms with van der Waals surface area (Å²) in [6.45, 7) is 2.85. The van der Waals surface area contributed by atoms with E-state index in [4.69, 9.17) is 9.47 Å². The van der Waals surface area contributed by atoms with E-state index in [9.17, 15) is 5.11 Å². The van der Waals surface area contributed by atoms with Gasteiger partial charge in [0.25, 0.3) is 0 Å². The highest BCUT2D eigenvalue weighted by molar-refractivity contribution is 5.44. The van der Waals surface area contributed by atoms with Crippen molar-refractivity contribution in [3.8, 4) is 11.5 Å². The fourth-order valence-corrected chi connectivity index (χ4v) is 2.75. The second-order valence-electron chi connectivity index (χ2n) is 5.93. The molecule has 1 N–H and O–H groups in total. The molecule has 0 aromatic heterocycles. The van der Waals surface area contributed by atoms with E-state index in [1.165, 1.54) is 5.56 Å². The van der Waals surface area contributed by atoms with Crippen LogP contribution in [0, 0.1) is 0 Å². The number of fused-ring (bicyclic) bond motifs is 1. The predicted octanol–water partition coefficient (Wildman–Crippen LogP) is 3.01. The van der Waals surface area contributed by atoms with Crippen molar-refractivity contribution >= 4 is 0 Å². The molecule has 1 atom stereocenters. The normalized spacial score (nSPS) is 14.7. The van der Waals surface area contributed by atoms with Crippen LogP contribution in [0.1, 0.15) is 23.7 Å². The molecule has 1 heterocycles. The Bertz CT molecular complexity index is 630. The Morgan fingerprint density at radius 3 is 2.57 bits per heavy atom. The molecule has 0 bridgehead atoms. The smallest absolute Gasteiger partial charge is 0.161 e. The van der Waals surface area contributed by atoms with E-state index < -0.39 is 6.10 Å². The van der Waals surface area contributed by atoms with E-state index in [2.05, 4.69) is 24.1 Å². The first-order chi connectivity index (χ1) is 11.2. The molecule has 0 aliphatic carbocycles. The number of hydrogen-bond donors (Lipinski definition) is 1. The van der Waals surface area contributed by atoms with Gasteiger partial charge in [0.1, 0.15) is 13.2 Å². The minimum absolute atomic E-state index is 0.496. The maximum atomic E-state index is 10.4. The molecule has 0 amide bonds. The Hall–Kier alpha value is -2.04. The molecule has 4 heteroatoms. The number of nitrogens with zero attached hydrogens (tertiary/aromatic N) is 1. The molecule has 1 unspecified atom stereocenters. The van der Waals surface area contributed by atoms with E-state index in [0.717, 1.165) is 30.2 Å². The summed E-state index contributed by atoms with van der Waals surface area (Å²) in [5.74, 6) is 1.49. The van der Waals surface area contributed by atoms with E-state index >= 15 is 0 Å². The maximum Gasteiger partial charge on any atom is 0.161 e. The molecule has 0 fully saturated rings. The summed E-state index contributed by atoms with van der Waals surface area (Å²) in [6.07, 6.45) is 0.187. The van der Waals surface area contributed by atoms with Gasteiger partial charge in [-0.3, -0.25) is 0 Å². The third-order valence-electron chi connectivity index (χ3n) is 4.03. The molecule has 0 radical (unpaired) electrons. The van der Waals surface area contributed by atoms with Gasteiger partial charge in [0, 0.05) is 13.1 Å². The molecule has 0 spiro atoms. The van der Waals surface area contributed by atoms with E-state index in [1.807, 2.05) is 36.4 Å². The summed E-state index contributed by atoms with van der Waals surface area (Å²) in [5.41, 5.74) is 2.16. The van der Waals surface area contributed by atoms with E-state index in [0.29, 0.717) is 19.6 Å². The molecule has 23 heavy (non-hydrogen) atoms. The summed E-state index contributed by atoms with van der Waals surface area (Å²) < 4.78 is 11.1. The third kappa shape index (κ3) is 4.24. The lowest BCUT2D eigenvalue weighted by Gasteiger charge is -2.22. The zero-order valence-corrected chi connectivity index (χ0v) is 13.4. The topological polar surface area (TPSA) is 41.9 Å². The van der Waals surface area contributed by atoms with Crippen molar-refractivity contribution in [2.45, 2.75) is 19.1 Å². The van der Waals surface area contributed by atoms with Gasteiger partial charge < -0.3 is 19.5 Å². The molecule has 0 saturated carbocycles. The standard InChI is InChI=1S/C19H23NO3/c1-20(14-15-5-3-2-4-6-15)10-9-17(21)16-7-8-18-19(13-16)23-12-11-22-18/h2-8,13,17,21H,9-12,14H2,1H3. The van der Waals surface area contributed by atoms with Crippen molar-refractivity contribution < 1.29 is 14.6 Å². The molecular formula is C19H23NO3. The zero-order valence-electron chi connectivity index (χ0n) is 13.4. The van der Waals surface area contributed by atoms with Crippen LogP contribution in [0.2, 0.25) is 0 Å². The predicted molar refractivity (Wildman–Crippen MR) is 89.8 cm³/mol. The Balaban J connectivity index is 1.53. The van der Waals surface area contributed by atoms with Crippen LogP contribution < -0.4 is 9.47 Å². The van der Waals surface area contributed by atoms with Crippen LogP contribution in [0.25, 0.3) is 0 Å². The number of ether oxygens (including phenoxy) is 2. The van der Waals surface area contributed by atoms with Gasteiger partial charge in [0.15, 0.2) is 11.5 Å². The number of benzene rings is 2. The Morgan fingerprint density at radius 1 is 1.04 bits per heavy atom. The average molecular weight is 313 g/mol. The van der Waals surface area contributed by atoms with Crippen LogP contribution in [-0.4, -0.2) is 36.8 Å². The van der Waals surface area contributed by atoms with Crippen molar-refractivity contribution in [1.29, 1.82) is 0 Å². The minimum atomic E-state index is -0.496. The fourth-order valence-electron chi connectivity index (χ4n) is 2.75. The molecule has 4 nitrogen and oxygen atoms in total. The highest BCUT2D eigenvalue weighted by atomic mass is 16.6. The minimum Gasteiger partial charge on any atom is -0.486 e. The summed E-state index contributed by atoms with van der Waals surface area (Å²) in [4.78, 5) is 2.22. The van der Waals surface area contributed by atoms with Crippen LogP contribution in [0.3, 0.4) is 0 Å². The first-order valence-corrected chi connectivity index (χ1v) is 8.02. The van der Waals surface area contributed by atoms with Gasteiger partial charge in [-0.2, -0.15) is 0 Å². The molecule has 0 saturated heterocycles. The highest BCUT2D eigenvalue weighted by Crippen LogP contribution is 2.33. The monoisotopic (exact) mass is 313 g/mol. The van der Waals surface area contributed by atoms with Gasteiger partial charge in [-0.05, 0) is 36.7 Å². The summed E-state index contributed by atoms with van der Waals surface area (Å²) in [5, 5.41) is 10.4. The first-order valence-electron chi connectivity index (χ1n) is 8.02. The molecule has 2 aromatic rings. The van der Waals surface area contributed by atoms with E-state index in [1.54, 1.807) is 0 Å². The van der Waals surface area contributed by atoms with Crippen molar-refractivity contribution in [2.24, 2.45) is 0 Å². The van der Waals surface area contributed by atoms with Crippen molar-refractivity contribution in [3.63, 3.8) is 0 Å². The lowest BCUT2D eigenvalue weighted by atomic mass is 10.1. The average Bonchev–Trinajstić information content (AvgIpc) is 2.60. The van der Waals surface area contributed by atoms with Gasteiger partial charge in [0.05, 0.1) is 6.10 Å². The van der Waals surface area contributed by atoms with Gasteiger partial charge in [-0.1, -0.05) is 36.4 Å². The molecule has 1 aliphatic rings. The van der Waals surface area contributed by atoms with Crippen molar-refractivity contribution in [1.82, 2.24) is 4.90 Å². The van der Waals surface area contributed by atoms with Crippen LogP contribution in [0.15, 0.2) is 48.5 Å². The molecule has 3 rings (SSSR count). The van der Waals surface area contributed by atoms with Crippen molar-refractivity contribution in [2.75, 3.05) is 26.8 Å². The lowest BCUT2D eigenvalue weighted by Crippen LogP contribution is -2.21. The first kappa shape index (κ1) is 15.8. The van der Waals surface area contributed by atoms with Gasteiger partial charge in [-0.15, -0.1) is 0 Å². The highest BCUT2D eigenvalue weighted by Gasteiger charge is 2.15. The molecular weight excluding hydrogens is 290 g/mol. The maximum absolute atomic E-state index is 10.4. The lowest BCUT2D eigenvalue weighted by molar-refractivity contribution is 0.144. The largest absolute Gasteiger partial charge is 0.486 e. The molecule has 122 valence electrons. The van der Waals surface area contributed by atoms with Crippen LogP contribution in [0.4, 0.5) is 0 Å². The number of aliphatic hydroxyl groups excluding tert-OH is 1. The van der Waals surface area contributed by atoms with Crippen molar-refractivity contribution in [3.05, 3.63) is 59.7 Å². The zero-order chi connectivity index (χ0) is 16.1. The van der Waals surface area contributed by atoms with Gasteiger partial charge in [0.2, 0.25) is 0 Å². The van der Waals surface area contributed by atoms with E-state index in [-0.39, 0.29) is 0 Å². The molecule has 2 aromatic carbocycles. The van der Waals surface area contributed by atoms with Crippen LogP contribution >= 0.6 is 0 Å². The van der Waals surface area contributed by atoms with Crippen LogP contribution in [-0.2, 0) is 6.54 Å². The fraction of sp³-hybridized carbons (Fsp3) is 0.368. The SMILES string of the molecule is CN(CCC(O)c1ccc2c(c1)OCCO2)Cc1ccccc1. The molecule has 1 aliphatic heterocycles. The number of aliphatic hydroxyl groups is 1. The Kier molecular flexibility index (Phi) is 5.16. The van der Waals surface area contributed by atoms with Gasteiger partial charge >= 0.3 is 0 Å². The number of hydrogen-bond acceptors (Lipinski definition) is 4. The van der Waals surface area contributed by atoms with Gasteiger partial charge in [-0.25, -0.2) is 0 Å².